The third-order valence-electron chi connectivity index (χ3n) is 6.58. The van der Waals surface area contributed by atoms with Crippen molar-refractivity contribution in [3.05, 3.63) is 33.8 Å². The van der Waals surface area contributed by atoms with Gasteiger partial charge in [0.15, 0.2) is 0 Å². The summed E-state index contributed by atoms with van der Waals surface area (Å²) in [6.07, 6.45) is 5.68. The fraction of sp³-hybridized carbons (Fsp3) is 0.667. The van der Waals surface area contributed by atoms with Gasteiger partial charge in [0.2, 0.25) is 0 Å². The summed E-state index contributed by atoms with van der Waals surface area (Å²) in [5.74, 6) is 2.57. The summed E-state index contributed by atoms with van der Waals surface area (Å²) in [6, 6.07) is 6.42. The second-order valence-electron chi connectivity index (χ2n) is 7.22. The lowest BCUT2D eigenvalue weighted by Gasteiger charge is -2.54. The molecule has 0 radical (unpaired) electrons. The van der Waals surface area contributed by atoms with E-state index in [-0.39, 0.29) is 0 Å². The quantitative estimate of drug-likeness (QED) is 0.740. The number of rotatable bonds is 2. The number of hydrogen-bond donors (Lipinski definition) is 0. The molecule has 5 rings (SSSR count). The maximum Gasteiger partial charge on any atom is 0.0595 e. The van der Waals surface area contributed by atoms with Crippen LogP contribution in [0.4, 0.5) is 0 Å². The second kappa shape index (κ2) is 5.15. The van der Waals surface area contributed by atoms with Crippen LogP contribution in [0.5, 0.6) is 0 Å². The van der Waals surface area contributed by atoms with Gasteiger partial charge in [0, 0.05) is 18.5 Å². The second-order valence-corrected chi connectivity index (χ2v) is 8.03. The standard InChI is InChI=1S/C18H23Cl2N/c1-2-21-10-15-12-3-5-13(6-4-12)18(15,11-21)14-7-8-16(19)17(20)9-14/h7-9,12-13,15H,2-6,10-11H2,1H3. The molecule has 3 saturated carbocycles. The molecular formula is C18H23Cl2N. The Balaban J connectivity index is 1.82. The maximum absolute atomic E-state index is 6.35. The van der Waals surface area contributed by atoms with Gasteiger partial charge in [0.25, 0.3) is 0 Å². The number of nitrogens with zero attached hydrogens (tertiary/aromatic N) is 1. The topological polar surface area (TPSA) is 3.24 Å². The van der Waals surface area contributed by atoms with Gasteiger partial charge in [-0.25, -0.2) is 0 Å². The van der Waals surface area contributed by atoms with E-state index >= 15 is 0 Å². The molecule has 0 amide bonds. The van der Waals surface area contributed by atoms with Gasteiger partial charge in [-0.2, -0.15) is 0 Å². The Bertz CT molecular complexity index is 550. The molecule has 1 aromatic rings. The van der Waals surface area contributed by atoms with Crippen molar-refractivity contribution in [2.45, 2.75) is 38.0 Å². The molecule has 1 heterocycles. The molecule has 1 aliphatic heterocycles. The van der Waals surface area contributed by atoms with E-state index in [1.54, 1.807) is 0 Å². The molecular weight excluding hydrogens is 301 g/mol. The zero-order chi connectivity index (χ0) is 14.6. The lowest BCUT2D eigenvalue weighted by atomic mass is 9.49. The van der Waals surface area contributed by atoms with Gasteiger partial charge in [-0.1, -0.05) is 36.2 Å². The van der Waals surface area contributed by atoms with Crippen molar-refractivity contribution >= 4 is 23.2 Å². The first-order valence-electron chi connectivity index (χ1n) is 8.33. The number of likely N-dealkylation sites (N-methyl/N-ethyl adjacent to an activating group) is 1. The van der Waals surface area contributed by atoms with Crippen molar-refractivity contribution in [3.8, 4) is 0 Å². The number of likely N-dealkylation sites (tertiary alicyclic amines) is 1. The summed E-state index contributed by atoms with van der Waals surface area (Å²) in [4.78, 5) is 2.66. The van der Waals surface area contributed by atoms with Crippen LogP contribution in [0.2, 0.25) is 10.0 Å². The Hall–Kier alpha value is -0.240. The molecule has 114 valence electrons. The smallest absolute Gasteiger partial charge is 0.0595 e. The van der Waals surface area contributed by atoms with Crippen molar-refractivity contribution in [2.24, 2.45) is 17.8 Å². The van der Waals surface area contributed by atoms with Crippen molar-refractivity contribution in [2.75, 3.05) is 19.6 Å². The molecule has 3 heteroatoms. The van der Waals surface area contributed by atoms with Crippen LogP contribution in [0.3, 0.4) is 0 Å². The van der Waals surface area contributed by atoms with Crippen molar-refractivity contribution in [1.82, 2.24) is 4.90 Å². The Morgan fingerprint density at radius 1 is 1.14 bits per heavy atom. The molecule has 1 nitrogen and oxygen atoms in total. The fourth-order valence-corrected chi connectivity index (χ4v) is 5.90. The first-order chi connectivity index (χ1) is 10.1. The molecule has 0 N–H and O–H groups in total. The largest absolute Gasteiger partial charge is 0.302 e. The van der Waals surface area contributed by atoms with E-state index in [1.165, 1.54) is 50.9 Å². The first-order valence-corrected chi connectivity index (χ1v) is 9.08. The van der Waals surface area contributed by atoms with E-state index in [0.717, 1.165) is 22.8 Å². The minimum Gasteiger partial charge on any atom is -0.302 e. The molecule has 4 aliphatic rings. The highest BCUT2D eigenvalue weighted by Crippen LogP contribution is 2.60. The van der Waals surface area contributed by atoms with E-state index in [2.05, 4.69) is 24.0 Å². The highest BCUT2D eigenvalue weighted by Gasteiger charge is 2.59. The SMILES string of the molecule is CCN1CC2C3CCC(CC3)C2(c2ccc(Cl)c(Cl)c2)C1. The highest BCUT2D eigenvalue weighted by molar-refractivity contribution is 6.42. The third-order valence-corrected chi connectivity index (χ3v) is 7.31. The number of hydrogen-bond acceptors (Lipinski definition) is 1. The summed E-state index contributed by atoms with van der Waals surface area (Å²) >= 11 is 12.5. The summed E-state index contributed by atoms with van der Waals surface area (Å²) < 4.78 is 0. The highest BCUT2D eigenvalue weighted by atomic mass is 35.5. The average Bonchev–Trinajstić information content (AvgIpc) is 2.94. The molecule has 1 aromatic carbocycles. The van der Waals surface area contributed by atoms with Gasteiger partial charge < -0.3 is 4.90 Å². The molecule has 2 bridgehead atoms. The van der Waals surface area contributed by atoms with E-state index in [4.69, 9.17) is 23.2 Å². The Kier molecular flexibility index (Phi) is 3.52. The first kappa shape index (κ1) is 14.4. The zero-order valence-corrected chi connectivity index (χ0v) is 14.1. The predicted octanol–water partition coefficient (Wildman–Crippen LogP) is 5.00. The van der Waals surface area contributed by atoms with Gasteiger partial charge in [0.05, 0.1) is 10.0 Å². The average molecular weight is 324 g/mol. The van der Waals surface area contributed by atoms with Gasteiger partial charge in [0.1, 0.15) is 0 Å². The molecule has 4 fully saturated rings. The van der Waals surface area contributed by atoms with Crippen LogP contribution in [0.15, 0.2) is 18.2 Å². The maximum atomic E-state index is 6.35. The van der Waals surface area contributed by atoms with Crippen LogP contribution in [-0.2, 0) is 5.41 Å². The third kappa shape index (κ3) is 2.00. The Morgan fingerprint density at radius 3 is 2.57 bits per heavy atom. The Labute approximate surface area is 137 Å². The van der Waals surface area contributed by atoms with E-state index in [1.807, 2.05) is 6.07 Å². The zero-order valence-electron chi connectivity index (χ0n) is 12.6. The molecule has 2 unspecified atom stereocenters. The Morgan fingerprint density at radius 2 is 1.90 bits per heavy atom. The van der Waals surface area contributed by atoms with Crippen LogP contribution in [0.1, 0.15) is 38.2 Å². The van der Waals surface area contributed by atoms with Crippen LogP contribution in [0, 0.1) is 17.8 Å². The van der Waals surface area contributed by atoms with Crippen molar-refractivity contribution < 1.29 is 0 Å². The van der Waals surface area contributed by atoms with Gasteiger partial charge >= 0.3 is 0 Å². The van der Waals surface area contributed by atoms with Crippen LogP contribution < -0.4 is 0 Å². The predicted molar refractivity (Wildman–Crippen MR) is 89.2 cm³/mol. The summed E-state index contributed by atoms with van der Waals surface area (Å²) in [7, 11) is 0. The van der Waals surface area contributed by atoms with Crippen LogP contribution in [0.25, 0.3) is 0 Å². The summed E-state index contributed by atoms with van der Waals surface area (Å²) in [6.45, 7) is 5.95. The molecule has 3 aliphatic carbocycles. The van der Waals surface area contributed by atoms with Crippen LogP contribution in [-0.4, -0.2) is 24.5 Å². The monoisotopic (exact) mass is 323 g/mol. The molecule has 1 saturated heterocycles. The minimum absolute atomic E-state index is 0.339. The number of fused-ring (bicyclic) bond motifs is 2. The fourth-order valence-electron chi connectivity index (χ4n) is 5.60. The van der Waals surface area contributed by atoms with Crippen LogP contribution >= 0.6 is 23.2 Å². The van der Waals surface area contributed by atoms with Gasteiger partial charge in [-0.15, -0.1) is 0 Å². The van der Waals surface area contributed by atoms with Crippen molar-refractivity contribution in [3.63, 3.8) is 0 Å². The lowest BCUT2D eigenvalue weighted by Crippen LogP contribution is -2.52. The lowest BCUT2D eigenvalue weighted by molar-refractivity contribution is 0.0254. The molecule has 0 spiro atoms. The normalized spacial score (nSPS) is 38.7. The molecule has 2 atom stereocenters. The van der Waals surface area contributed by atoms with Gasteiger partial charge in [-0.05, 0) is 67.7 Å². The van der Waals surface area contributed by atoms with E-state index < -0.39 is 0 Å². The molecule has 0 aromatic heterocycles. The van der Waals surface area contributed by atoms with E-state index in [9.17, 15) is 0 Å². The van der Waals surface area contributed by atoms with Gasteiger partial charge in [-0.3, -0.25) is 0 Å². The number of halogens is 2. The van der Waals surface area contributed by atoms with Crippen molar-refractivity contribution in [1.29, 1.82) is 0 Å². The minimum atomic E-state index is 0.339. The number of benzene rings is 1. The summed E-state index contributed by atoms with van der Waals surface area (Å²) in [5, 5.41) is 1.40. The molecule has 21 heavy (non-hydrogen) atoms. The summed E-state index contributed by atoms with van der Waals surface area (Å²) in [5.41, 5.74) is 1.79. The van der Waals surface area contributed by atoms with E-state index in [0.29, 0.717) is 10.4 Å².